The number of H-pyrrole nitrogens is 1. The van der Waals surface area contributed by atoms with Crippen LogP contribution in [-0.4, -0.2) is 50.6 Å². The van der Waals surface area contributed by atoms with E-state index in [1.807, 2.05) is 42.6 Å². The number of benzene rings is 2. The molecule has 0 atom stereocenters. The van der Waals surface area contributed by atoms with Crippen LogP contribution in [0.25, 0.3) is 21.9 Å². The molecule has 5 aromatic rings. The minimum atomic E-state index is -0.327. The first-order valence-corrected chi connectivity index (χ1v) is 12.5. The highest BCUT2D eigenvalue weighted by Crippen LogP contribution is 2.28. The van der Waals surface area contributed by atoms with Crippen LogP contribution in [0.5, 0.6) is 5.88 Å². The number of hydrogen-bond acceptors (Lipinski definition) is 7. The van der Waals surface area contributed by atoms with E-state index in [0.717, 1.165) is 59.1 Å². The highest BCUT2D eigenvalue weighted by molar-refractivity contribution is 5.93. The van der Waals surface area contributed by atoms with E-state index in [4.69, 9.17) is 14.5 Å². The lowest BCUT2D eigenvalue weighted by atomic mass is 9.93. The zero-order valence-corrected chi connectivity index (χ0v) is 20.3. The van der Waals surface area contributed by atoms with Gasteiger partial charge in [0.15, 0.2) is 0 Å². The average molecular weight is 494 g/mol. The molecule has 37 heavy (non-hydrogen) atoms. The van der Waals surface area contributed by atoms with Gasteiger partial charge in [0.05, 0.1) is 28.4 Å². The van der Waals surface area contributed by atoms with Gasteiger partial charge in [0.1, 0.15) is 13.3 Å². The van der Waals surface area contributed by atoms with Gasteiger partial charge >= 0.3 is 5.97 Å². The number of imidazole rings is 1. The summed E-state index contributed by atoms with van der Waals surface area (Å²) in [4.78, 5) is 31.1. The van der Waals surface area contributed by atoms with E-state index in [-0.39, 0.29) is 12.7 Å². The number of carbonyl (C=O) groups excluding carboxylic acids is 1. The second kappa shape index (κ2) is 10.4. The molecule has 1 saturated heterocycles. The molecular weight excluding hydrogens is 466 g/mol. The number of piperidine rings is 1. The molecule has 8 nitrogen and oxygen atoms in total. The molecule has 3 aromatic heterocycles. The Labute approximate surface area is 214 Å². The Morgan fingerprint density at radius 3 is 2.78 bits per heavy atom. The van der Waals surface area contributed by atoms with E-state index in [0.29, 0.717) is 24.0 Å². The number of likely N-dealkylation sites (tertiary alicyclic amines) is 1. The fraction of sp³-hybridized carbons (Fsp3) is 0.241. The molecule has 1 aliphatic heterocycles. The predicted octanol–water partition coefficient (Wildman–Crippen LogP) is 5.08. The lowest BCUT2D eigenvalue weighted by Crippen LogP contribution is -2.35. The lowest BCUT2D eigenvalue weighted by Gasteiger charge is -2.31. The number of fused-ring (bicyclic) bond motifs is 2. The first-order chi connectivity index (χ1) is 18.2. The van der Waals surface area contributed by atoms with Crippen LogP contribution in [-0.2, 0) is 11.3 Å². The van der Waals surface area contributed by atoms with Gasteiger partial charge in [0.2, 0.25) is 5.88 Å². The zero-order valence-electron chi connectivity index (χ0n) is 20.3. The second-order valence-electron chi connectivity index (χ2n) is 9.31. The summed E-state index contributed by atoms with van der Waals surface area (Å²) in [5.41, 5.74) is 5.20. The molecule has 0 bridgehead atoms. The van der Waals surface area contributed by atoms with E-state index < -0.39 is 0 Å². The van der Waals surface area contributed by atoms with Gasteiger partial charge in [-0.05, 0) is 49.2 Å². The van der Waals surface area contributed by atoms with Crippen molar-refractivity contribution in [1.82, 2.24) is 24.8 Å². The number of carbonyl (C=O) groups is 1. The van der Waals surface area contributed by atoms with Gasteiger partial charge in [0.25, 0.3) is 0 Å². The average Bonchev–Trinajstić information content (AvgIpc) is 3.43. The zero-order chi connectivity index (χ0) is 25.0. The maximum Gasteiger partial charge on any atom is 0.339 e. The third-order valence-electron chi connectivity index (χ3n) is 6.82. The molecule has 0 unspecified atom stereocenters. The van der Waals surface area contributed by atoms with Crippen LogP contribution < -0.4 is 4.74 Å². The van der Waals surface area contributed by atoms with Crippen molar-refractivity contribution in [2.75, 3.05) is 19.8 Å². The fourth-order valence-electron chi connectivity index (χ4n) is 4.75. The summed E-state index contributed by atoms with van der Waals surface area (Å²) in [6, 6.07) is 21.5. The Hall–Kier alpha value is -4.30. The van der Waals surface area contributed by atoms with Crippen LogP contribution >= 0.6 is 0 Å². The molecule has 4 heterocycles. The molecule has 0 amide bonds. The van der Waals surface area contributed by atoms with E-state index in [9.17, 15) is 4.79 Å². The third-order valence-corrected chi connectivity index (χ3v) is 6.82. The highest BCUT2D eigenvalue weighted by atomic mass is 16.5. The summed E-state index contributed by atoms with van der Waals surface area (Å²) < 4.78 is 11.6. The van der Waals surface area contributed by atoms with Crippen LogP contribution in [0.1, 0.15) is 40.4 Å². The monoisotopic (exact) mass is 493 g/mol. The number of nitrogens with one attached hydrogen (secondary N) is 1. The molecule has 1 aliphatic rings. The van der Waals surface area contributed by atoms with Gasteiger partial charge < -0.3 is 14.5 Å². The number of hydrogen-bond donors (Lipinski definition) is 1. The number of nitrogens with zero attached hydrogens (tertiary/aromatic N) is 4. The molecule has 0 spiro atoms. The van der Waals surface area contributed by atoms with Crippen molar-refractivity contribution in [2.24, 2.45) is 0 Å². The Balaban J connectivity index is 1.00. The van der Waals surface area contributed by atoms with Gasteiger partial charge in [0, 0.05) is 47.9 Å². The molecule has 6 rings (SSSR count). The van der Waals surface area contributed by atoms with Crippen LogP contribution in [0.3, 0.4) is 0 Å². The van der Waals surface area contributed by atoms with E-state index in [1.54, 1.807) is 18.5 Å². The van der Waals surface area contributed by atoms with Crippen LogP contribution in [0.15, 0.2) is 79.3 Å². The smallest absolute Gasteiger partial charge is 0.339 e. The van der Waals surface area contributed by atoms with Crippen molar-refractivity contribution in [3.05, 3.63) is 96.1 Å². The highest BCUT2D eigenvalue weighted by Gasteiger charge is 2.23. The molecule has 0 aliphatic carbocycles. The van der Waals surface area contributed by atoms with E-state index >= 15 is 0 Å². The quantitative estimate of drug-likeness (QED) is 0.316. The summed E-state index contributed by atoms with van der Waals surface area (Å²) in [6.45, 7) is 2.38. The number of pyridine rings is 2. The Morgan fingerprint density at radius 2 is 1.86 bits per heavy atom. The molecule has 0 radical (unpaired) electrons. The molecule has 186 valence electrons. The van der Waals surface area contributed by atoms with Crippen LogP contribution in [0.4, 0.5) is 0 Å². The van der Waals surface area contributed by atoms with E-state index in [2.05, 4.69) is 38.1 Å². The maximum atomic E-state index is 12.5. The molecule has 1 N–H and O–H groups in total. The number of aromatic amines is 1. The van der Waals surface area contributed by atoms with Crippen molar-refractivity contribution >= 4 is 27.9 Å². The van der Waals surface area contributed by atoms with Gasteiger partial charge in [-0.2, -0.15) is 0 Å². The lowest BCUT2D eigenvalue weighted by molar-refractivity contribution is 0.0155. The molecular formula is C29H27N5O3. The number of rotatable bonds is 7. The molecule has 1 fully saturated rings. The molecule has 0 saturated carbocycles. The summed E-state index contributed by atoms with van der Waals surface area (Å²) in [6.07, 6.45) is 5.36. The van der Waals surface area contributed by atoms with Crippen molar-refractivity contribution < 1.29 is 14.3 Å². The minimum absolute atomic E-state index is 0.281. The normalized spacial score (nSPS) is 14.7. The van der Waals surface area contributed by atoms with Crippen molar-refractivity contribution in [1.29, 1.82) is 0 Å². The predicted molar refractivity (Wildman–Crippen MR) is 140 cm³/mol. The molecule has 2 aromatic carbocycles. The number of aromatic nitrogens is 4. The van der Waals surface area contributed by atoms with Gasteiger partial charge in [-0.3, -0.25) is 9.88 Å². The number of para-hydroxylation sites is 1. The van der Waals surface area contributed by atoms with Crippen LogP contribution in [0, 0.1) is 0 Å². The van der Waals surface area contributed by atoms with E-state index in [1.165, 1.54) is 0 Å². The third kappa shape index (κ3) is 5.29. The summed E-state index contributed by atoms with van der Waals surface area (Å²) in [7, 11) is 0. The summed E-state index contributed by atoms with van der Waals surface area (Å²) in [5, 5.41) is 1.10. The molecule has 8 heteroatoms. The minimum Gasteiger partial charge on any atom is -0.473 e. The van der Waals surface area contributed by atoms with Gasteiger partial charge in [-0.25, -0.2) is 14.8 Å². The maximum absolute atomic E-state index is 12.5. The largest absolute Gasteiger partial charge is 0.473 e. The van der Waals surface area contributed by atoms with Crippen molar-refractivity contribution in [3.8, 4) is 5.88 Å². The van der Waals surface area contributed by atoms with Gasteiger partial charge in [-0.1, -0.05) is 24.3 Å². The number of esters is 1. The summed E-state index contributed by atoms with van der Waals surface area (Å²) >= 11 is 0. The first-order valence-electron chi connectivity index (χ1n) is 12.5. The number of ether oxygens (including phenoxy) is 2. The Kier molecular flexibility index (Phi) is 6.47. The standard InChI is InChI=1S/C29H27N5O3/c35-29(23-8-9-26-27(15-23)32-18-31-26)37-19-34-12-10-21(11-13-34)25-6-3-7-28(33-25)36-17-20-14-22-4-1-2-5-24(22)30-16-20/h1-9,14-16,18,21H,10-13,17,19H2,(H,31,32). The topological polar surface area (TPSA) is 93.2 Å². The Bertz CT molecular complexity index is 1540. The second-order valence-corrected chi connectivity index (χ2v) is 9.31. The summed E-state index contributed by atoms with van der Waals surface area (Å²) in [5.74, 6) is 0.642. The first kappa shape index (κ1) is 23.1. The Morgan fingerprint density at radius 1 is 0.973 bits per heavy atom. The van der Waals surface area contributed by atoms with Crippen molar-refractivity contribution in [3.63, 3.8) is 0 Å². The van der Waals surface area contributed by atoms with Crippen LogP contribution in [0.2, 0.25) is 0 Å². The van der Waals surface area contributed by atoms with Crippen molar-refractivity contribution in [2.45, 2.75) is 25.4 Å². The SMILES string of the molecule is O=C(OCN1CCC(c2cccc(OCc3cnc4ccccc4c3)n2)CC1)c1ccc2nc[nH]c2c1. The van der Waals surface area contributed by atoms with Gasteiger partial charge in [-0.15, -0.1) is 0 Å². The fourth-order valence-corrected chi connectivity index (χ4v) is 4.75.